The van der Waals surface area contributed by atoms with Gasteiger partial charge in [0.15, 0.2) is 0 Å². The van der Waals surface area contributed by atoms with E-state index in [2.05, 4.69) is 17.2 Å². The van der Waals surface area contributed by atoms with Crippen LogP contribution in [0.15, 0.2) is 12.3 Å². The third kappa shape index (κ3) is 8.96. The molecule has 0 aliphatic carbocycles. The van der Waals surface area contributed by atoms with Gasteiger partial charge in [-0.05, 0) is 27.2 Å². The van der Waals surface area contributed by atoms with Gasteiger partial charge in [-0.1, -0.05) is 13.5 Å². The summed E-state index contributed by atoms with van der Waals surface area (Å²) in [6.07, 6.45) is -0.0421. The molecule has 0 heterocycles. The van der Waals surface area contributed by atoms with E-state index in [0.29, 0.717) is 6.42 Å². The third-order valence-corrected chi connectivity index (χ3v) is 1.77. The van der Waals surface area contributed by atoms with Gasteiger partial charge < -0.3 is 20.1 Å². The summed E-state index contributed by atoms with van der Waals surface area (Å²) in [6, 6.07) is 0. The molecule has 114 valence electrons. The fraction of sp³-hybridized carbons (Fsp3) is 0.615. The van der Waals surface area contributed by atoms with Gasteiger partial charge in [-0.2, -0.15) is 0 Å². The van der Waals surface area contributed by atoms with Crippen molar-refractivity contribution in [1.82, 2.24) is 10.6 Å². The number of esters is 1. The van der Waals surface area contributed by atoms with Crippen molar-refractivity contribution in [3.05, 3.63) is 12.3 Å². The largest absolute Gasteiger partial charge is 0.461 e. The van der Waals surface area contributed by atoms with Crippen molar-refractivity contribution in [3.8, 4) is 0 Å². The first-order valence-corrected chi connectivity index (χ1v) is 6.28. The first-order chi connectivity index (χ1) is 9.15. The van der Waals surface area contributed by atoms with Gasteiger partial charge in [0.05, 0.1) is 6.61 Å². The summed E-state index contributed by atoms with van der Waals surface area (Å²) in [5.74, 6) is -1.29. The highest BCUT2D eigenvalue weighted by molar-refractivity contribution is 5.94. The lowest BCUT2D eigenvalue weighted by atomic mass is 10.2. The standard InChI is InChI=1S/C13H22N2O5/c1-6-7-19-11(17)9(2)15-10(16)8-14-12(18)20-13(3,4)5/h2,6-8H2,1,3-5H3,(H,14,18)(H,15,16). The van der Waals surface area contributed by atoms with Crippen molar-refractivity contribution >= 4 is 18.0 Å². The van der Waals surface area contributed by atoms with Crippen LogP contribution in [-0.2, 0) is 19.1 Å². The second-order valence-corrected chi connectivity index (χ2v) is 5.02. The van der Waals surface area contributed by atoms with E-state index in [1.807, 2.05) is 6.92 Å². The second kappa shape index (κ2) is 8.19. The maximum atomic E-state index is 11.5. The summed E-state index contributed by atoms with van der Waals surface area (Å²) in [4.78, 5) is 34.1. The van der Waals surface area contributed by atoms with E-state index in [4.69, 9.17) is 9.47 Å². The Bertz CT molecular complexity index is 385. The Labute approximate surface area is 118 Å². The van der Waals surface area contributed by atoms with Crippen LogP contribution in [0.2, 0.25) is 0 Å². The first kappa shape index (κ1) is 17.9. The topological polar surface area (TPSA) is 93.7 Å². The Kier molecular flexibility index (Phi) is 7.35. The normalized spacial score (nSPS) is 10.4. The molecular weight excluding hydrogens is 264 g/mol. The number of nitrogens with one attached hydrogen (secondary N) is 2. The number of amides is 2. The van der Waals surface area contributed by atoms with Crippen LogP contribution in [0.3, 0.4) is 0 Å². The molecule has 0 bridgehead atoms. The fourth-order valence-electron chi connectivity index (χ4n) is 1.01. The summed E-state index contributed by atoms with van der Waals surface area (Å²) in [5.41, 5.74) is -0.817. The van der Waals surface area contributed by atoms with Crippen LogP contribution in [0.25, 0.3) is 0 Å². The van der Waals surface area contributed by atoms with Crippen molar-refractivity contribution in [2.45, 2.75) is 39.7 Å². The summed E-state index contributed by atoms with van der Waals surface area (Å²) in [7, 11) is 0. The van der Waals surface area contributed by atoms with Gasteiger partial charge in [0.2, 0.25) is 5.91 Å². The predicted molar refractivity (Wildman–Crippen MR) is 72.8 cm³/mol. The number of alkyl carbamates (subject to hydrolysis) is 1. The van der Waals surface area contributed by atoms with Crippen LogP contribution in [0, 0.1) is 0 Å². The van der Waals surface area contributed by atoms with Gasteiger partial charge >= 0.3 is 12.1 Å². The molecular formula is C13H22N2O5. The maximum Gasteiger partial charge on any atom is 0.408 e. The van der Waals surface area contributed by atoms with Crippen LogP contribution < -0.4 is 10.6 Å². The highest BCUT2D eigenvalue weighted by Crippen LogP contribution is 2.06. The van der Waals surface area contributed by atoms with Crippen LogP contribution in [-0.4, -0.2) is 36.7 Å². The third-order valence-electron chi connectivity index (χ3n) is 1.77. The molecule has 2 amide bonds. The van der Waals surface area contributed by atoms with Gasteiger partial charge in [0.1, 0.15) is 17.8 Å². The molecule has 0 aromatic rings. The van der Waals surface area contributed by atoms with Crippen LogP contribution >= 0.6 is 0 Å². The number of hydrogen-bond donors (Lipinski definition) is 2. The molecule has 0 fully saturated rings. The lowest BCUT2D eigenvalue weighted by Crippen LogP contribution is -2.40. The fourth-order valence-corrected chi connectivity index (χ4v) is 1.01. The minimum absolute atomic E-state index is 0.172. The molecule has 0 aromatic carbocycles. The van der Waals surface area contributed by atoms with Gasteiger partial charge in [-0.3, -0.25) is 4.79 Å². The van der Waals surface area contributed by atoms with Crippen LogP contribution in [0.5, 0.6) is 0 Å². The zero-order chi connectivity index (χ0) is 15.8. The van der Waals surface area contributed by atoms with E-state index in [1.54, 1.807) is 20.8 Å². The molecule has 2 N–H and O–H groups in total. The molecule has 0 saturated carbocycles. The number of carbonyl (C=O) groups is 3. The SMILES string of the molecule is C=C(NC(=O)CNC(=O)OC(C)(C)C)C(=O)OCCC. The summed E-state index contributed by atoms with van der Waals surface area (Å²) < 4.78 is 9.73. The highest BCUT2D eigenvalue weighted by Gasteiger charge is 2.17. The van der Waals surface area contributed by atoms with Gasteiger partial charge in [0.25, 0.3) is 0 Å². The van der Waals surface area contributed by atoms with Gasteiger partial charge in [-0.15, -0.1) is 0 Å². The van der Waals surface area contributed by atoms with E-state index in [1.165, 1.54) is 0 Å². The van der Waals surface area contributed by atoms with Crippen molar-refractivity contribution in [1.29, 1.82) is 0 Å². The van der Waals surface area contributed by atoms with E-state index in [-0.39, 0.29) is 18.8 Å². The van der Waals surface area contributed by atoms with E-state index in [0.717, 1.165) is 0 Å². The number of rotatable bonds is 6. The van der Waals surface area contributed by atoms with Gasteiger partial charge in [0, 0.05) is 0 Å². The average Bonchev–Trinajstić information content (AvgIpc) is 2.31. The Morgan fingerprint density at radius 3 is 2.30 bits per heavy atom. The smallest absolute Gasteiger partial charge is 0.408 e. The molecule has 0 unspecified atom stereocenters. The number of hydrogen-bond acceptors (Lipinski definition) is 5. The molecule has 0 spiro atoms. The summed E-state index contributed by atoms with van der Waals surface area (Å²) in [6.45, 7) is 10.3. The van der Waals surface area contributed by atoms with Gasteiger partial charge in [-0.25, -0.2) is 9.59 Å². The molecule has 0 aliphatic rings. The van der Waals surface area contributed by atoms with Crippen LogP contribution in [0.1, 0.15) is 34.1 Å². The van der Waals surface area contributed by atoms with Crippen molar-refractivity contribution < 1.29 is 23.9 Å². The number of ether oxygens (including phenoxy) is 2. The van der Waals surface area contributed by atoms with Crippen molar-refractivity contribution in [2.24, 2.45) is 0 Å². The minimum atomic E-state index is -0.716. The molecule has 0 saturated heterocycles. The molecule has 0 radical (unpaired) electrons. The Hall–Kier alpha value is -2.05. The quantitative estimate of drug-likeness (QED) is 0.563. The lowest BCUT2D eigenvalue weighted by Gasteiger charge is -2.19. The molecule has 0 atom stereocenters. The second-order valence-electron chi connectivity index (χ2n) is 5.02. The molecule has 7 heteroatoms. The molecule has 20 heavy (non-hydrogen) atoms. The molecule has 0 aromatic heterocycles. The van der Waals surface area contributed by atoms with E-state index < -0.39 is 23.6 Å². The van der Waals surface area contributed by atoms with E-state index in [9.17, 15) is 14.4 Å². The van der Waals surface area contributed by atoms with Crippen molar-refractivity contribution in [2.75, 3.05) is 13.2 Å². The molecule has 0 rings (SSSR count). The Morgan fingerprint density at radius 1 is 1.20 bits per heavy atom. The average molecular weight is 286 g/mol. The molecule has 0 aliphatic heterocycles. The monoisotopic (exact) mass is 286 g/mol. The summed E-state index contributed by atoms with van der Waals surface area (Å²) >= 11 is 0. The maximum absolute atomic E-state index is 11.5. The highest BCUT2D eigenvalue weighted by atomic mass is 16.6. The van der Waals surface area contributed by atoms with Crippen LogP contribution in [0.4, 0.5) is 4.79 Å². The first-order valence-electron chi connectivity index (χ1n) is 6.28. The Balaban J connectivity index is 4.03. The summed E-state index contributed by atoms with van der Waals surface area (Å²) in [5, 5.41) is 4.49. The van der Waals surface area contributed by atoms with E-state index >= 15 is 0 Å². The zero-order valence-corrected chi connectivity index (χ0v) is 12.4. The zero-order valence-electron chi connectivity index (χ0n) is 12.4. The predicted octanol–water partition coefficient (Wildman–Crippen LogP) is 1.09. The Morgan fingerprint density at radius 2 is 1.80 bits per heavy atom. The van der Waals surface area contributed by atoms with Crippen molar-refractivity contribution in [3.63, 3.8) is 0 Å². The lowest BCUT2D eigenvalue weighted by molar-refractivity contribution is -0.140. The molecule has 7 nitrogen and oxygen atoms in total. The minimum Gasteiger partial charge on any atom is -0.461 e. The number of carbonyl (C=O) groups excluding carboxylic acids is 3.